The van der Waals surface area contributed by atoms with E-state index in [0.717, 1.165) is 37.6 Å². The molecule has 0 spiro atoms. The summed E-state index contributed by atoms with van der Waals surface area (Å²) >= 11 is 0. The molecule has 0 aromatic heterocycles. The molecule has 212 valence electrons. The lowest BCUT2D eigenvalue weighted by atomic mass is 9.29. The Kier molecular flexibility index (Phi) is 9.45. The molecule has 0 aromatic rings. The molecule has 39 heavy (non-hydrogen) atoms. The normalized spacial score (nSPS) is 38.6. The molecular formula is C31H55B5O3. The molecule has 3 fully saturated rings. The highest BCUT2D eigenvalue weighted by atomic mass is 16.5. The van der Waals surface area contributed by atoms with Crippen LogP contribution in [-0.2, 0) is 14.3 Å². The molecule has 4 aliphatic rings. The van der Waals surface area contributed by atoms with Gasteiger partial charge in [0.25, 0.3) is 0 Å². The van der Waals surface area contributed by atoms with Gasteiger partial charge in [-0.2, -0.15) is 0 Å². The molecule has 8 heteroatoms. The summed E-state index contributed by atoms with van der Waals surface area (Å²) in [6, 6.07) is 0. The van der Waals surface area contributed by atoms with E-state index in [-0.39, 0.29) is 27.9 Å². The molecule has 3 unspecified atom stereocenters. The van der Waals surface area contributed by atoms with Crippen molar-refractivity contribution < 1.29 is 14.3 Å². The van der Waals surface area contributed by atoms with Gasteiger partial charge in [-0.15, -0.1) is 0 Å². The van der Waals surface area contributed by atoms with E-state index in [1.807, 2.05) is 0 Å². The fourth-order valence-electron chi connectivity index (χ4n) is 10.5. The van der Waals surface area contributed by atoms with Crippen molar-refractivity contribution in [2.24, 2.45) is 40.9 Å². The minimum absolute atomic E-state index is 0.0192. The van der Waals surface area contributed by atoms with Crippen LogP contribution in [0.1, 0.15) is 111 Å². The van der Waals surface area contributed by atoms with Crippen molar-refractivity contribution in [3.63, 3.8) is 0 Å². The summed E-state index contributed by atoms with van der Waals surface area (Å²) < 4.78 is 6.34. The SMILES string of the molecule is BC1=C2[C@H](CC(B)(B)C1=O)C1C(C3CC[C@H](OC(=O)CCCCCCCCCC)[C@@]3(C)C[C@@H]1C)[C@H](C)C2(B)B. The van der Waals surface area contributed by atoms with Gasteiger partial charge in [-0.3, -0.25) is 9.59 Å². The van der Waals surface area contributed by atoms with Crippen LogP contribution < -0.4 is 0 Å². The van der Waals surface area contributed by atoms with Gasteiger partial charge in [0, 0.05) is 11.8 Å². The second-order valence-electron chi connectivity index (χ2n) is 15.8. The van der Waals surface area contributed by atoms with Crippen LogP contribution in [-0.4, -0.2) is 57.1 Å². The maximum atomic E-state index is 13.4. The molecule has 0 heterocycles. The number of ether oxygens (including phenoxy) is 1. The zero-order chi connectivity index (χ0) is 28.8. The molecule has 0 N–H and O–H groups in total. The van der Waals surface area contributed by atoms with Gasteiger partial charge in [-0.25, -0.2) is 0 Å². The minimum atomic E-state index is -0.275. The molecule has 0 bridgehead atoms. The maximum Gasteiger partial charge on any atom is 0.306 e. The Morgan fingerprint density at radius 2 is 1.54 bits per heavy atom. The summed E-state index contributed by atoms with van der Waals surface area (Å²) in [5.41, 5.74) is 2.60. The average molecular weight is 530 g/mol. The zero-order valence-corrected chi connectivity index (χ0v) is 27.0. The summed E-state index contributed by atoms with van der Waals surface area (Å²) in [5.74, 6) is 3.81. The summed E-state index contributed by atoms with van der Waals surface area (Å²) in [5, 5.41) is -0.255. The van der Waals surface area contributed by atoms with Crippen LogP contribution in [0.3, 0.4) is 0 Å². The lowest BCUT2D eigenvalue weighted by molar-refractivity contribution is -0.163. The van der Waals surface area contributed by atoms with Crippen molar-refractivity contribution >= 4 is 51.0 Å². The first-order chi connectivity index (χ1) is 18.3. The Morgan fingerprint density at radius 3 is 2.18 bits per heavy atom. The fourth-order valence-corrected chi connectivity index (χ4v) is 10.5. The van der Waals surface area contributed by atoms with Crippen LogP contribution in [0, 0.1) is 40.9 Å². The maximum absolute atomic E-state index is 13.4. The Labute approximate surface area is 244 Å². The van der Waals surface area contributed by atoms with Crippen molar-refractivity contribution in [3.05, 3.63) is 11.0 Å². The topological polar surface area (TPSA) is 43.4 Å². The number of Topliss-reactive ketones (excluding diaryl/α,β-unsaturated/α-hetero) is 1. The number of carbonyl (C=O) groups is 2. The number of rotatable bonds is 10. The number of allylic oxidation sites excluding steroid dienone is 1. The molecule has 3 nitrogen and oxygen atoms in total. The molecule has 8 atom stereocenters. The molecule has 0 aromatic carbocycles. The van der Waals surface area contributed by atoms with E-state index in [4.69, 9.17) is 4.74 Å². The highest BCUT2D eigenvalue weighted by Crippen LogP contribution is 2.70. The summed E-state index contributed by atoms with van der Waals surface area (Å²) in [7, 11) is 11.3. The van der Waals surface area contributed by atoms with Crippen LogP contribution in [0.5, 0.6) is 0 Å². The third-order valence-corrected chi connectivity index (χ3v) is 12.5. The van der Waals surface area contributed by atoms with E-state index >= 15 is 0 Å². The Balaban J connectivity index is 1.45. The Bertz CT molecular complexity index is 962. The van der Waals surface area contributed by atoms with Crippen molar-refractivity contribution in [1.29, 1.82) is 0 Å². The van der Waals surface area contributed by atoms with Gasteiger partial charge in [0.2, 0.25) is 0 Å². The predicted octanol–water partition coefficient (Wildman–Crippen LogP) is 3.01. The first-order valence-electron chi connectivity index (χ1n) is 16.7. The molecule has 0 radical (unpaired) electrons. The minimum Gasteiger partial charge on any atom is -0.462 e. The number of ketones is 1. The van der Waals surface area contributed by atoms with Crippen LogP contribution in [0.2, 0.25) is 10.4 Å². The predicted molar refractivity (Wildman–Crippen MR) is 176 cm³/mol. The Morgan fingerprint density at radius 1 is 0.923 bits per heavy atom. The quantitative estimate of drug-likeness (QED) is 0.248. The molecule has 4 aliphatic carbocycles. The molecular weight excluding hydrogens is 474 g/mol. The third kappa shape index (κ3) is 5.67. The van der Waals surface area contributed by atoms with Gasteiger partial charge < -0.3 is 4.74 Å². The van der Waals surface area contributed by atoms with Crippen LogP contribution in [0.25, 0.3) is 0 Å². The highest BCUT2D eigenvalue weighted by molar-refractivity contribution is 6.58. The number of unbranched alkanes of at least 4 members (excludes halogenated alkanes) is 7. The lowest BCUT2D eigenvalue weighted by Gasteiger charge is -2.64. The summed E-state index contributed by atoms with van der Waals surface area (Å²) in [6.45, 7) is 9.66. The van der Waals surface area contributed by atoms with E-state index in [1.165, 1.54) is 50.5 Å². The summed E-state index contributed by atoms with van der Waals surface area (Å²) in [6.07, 6.45) is 14.9. The van der Waals surface area contributed by atoms with E-state index in [9.17, 15) is 9.59 Å². The fraction of sp³-hybridized carbons (Fsp3) is 0.871. The van der Waals surface area contributed by atoms with Crippen molar-refractivity contribution in [2.45, 2.75) is 128 Å². The number of hydrogen-bond acceptors (Lipinski definition) is 3. The van der Waals surface area contributed by atoms with E-state index in [1.54, 1.807) is 0 Å². The van der Waals surface area contributed by atoms with Crippen LogP contribution in [0.4, 0.5) is 0 Å². The number of esters is 1. The van der Waals surface area contributed by atoms with Crippen LogP contribution >= 0.6 is 0 Å². The first kappa shape index (κ1) is 31.1. The molecule has 0 aliphatic heterocycles. The first-order valence-corrected chi connectivity index (χ1v) is 16.7. The smallest absolute Gasteiger partial charge is 0.306 e. The zero-order valence-electron chi connectivity index (χ0n) is 27.0. The number of hydrogen-bond donors (Lipinski definition) is 0. The molecule has 0 amide bonds. The molecule has 3 saturated carbocycles. The summed E-state index contributed by atoms with van der Waals surface area (Å²) in [4.78, 5) is 26.4. The number of fused-ring (bicyclic) bond motifs is 5. The van der Waals surface area contributed by atoms with Gasteiger partial charge in [-0.1, -0.05) is 83.4 Å². The van der Waals surface area contributed by atoms with Gasteiger partial charge in [-0.05, 0) is 78.3 Å². The standard InChI is InChI=1S/C31H55B5O3/c1-5-6-7-8-9-10-11-12-13-23(37)39-22-15-14-21-25-19(3)31(35,36)26-20(17-30(33,34)28(38)27(26)32)24(25)18(2)16-29(21,22)4/h18-22,24-25H,5-17,32-36H2,1-4H3/t18-,19-,20+,21?,22-,24?,25?,29-/m0/s1. The van der Waals surface area contributed by atoms with Crippen LogP contribution in [0.15, 0.2) is 11.0 Å². The van der Waals surface area contributed by atoms with E-state index < -0.39 is 0 Å². The largest absolute Gasteiger partial charge is 0.462 e. The highest BCUT2D eigenvalue weighted by Gasteiger charge is 2.64. The van der Waals surface area contributed by atoms with Gasteiger partial charge in [0.1, 0.15) is 51.1 Å². The van der Waals surface area contributed by atoms with E-state index in [2.05, 4.69) is 66.9 Å². The van der Waals surface area contributed by atoms with Gasteiger partial charge >= 0.3 is 5.97 Å². The van der Waals surface area contributed by atoms with Crippen molar-refractivity contribution in [3.8, 4) is 0 Å². The second kappa shape index (κ2) is 11.8. The van der Waals surface area contributed by atoms with Gasteiger partial charge in [0.05, 0.1) is 0 Å². The molecule has 4 rings (SSSR count). The van der Waals surface area contributed by atoms with Gasteiger partial charge in [0.15, 0.2) is 0 Å². The number of carbonyl (C=O) groups excluding carboxylic acids is 2. The average Bonchev–Trinajstić information content (AvgIpc) is 3.16. The molecule has 0 saturated heterocycles. The lowest BCUT2D eigenvalue weighted by Crippen LogP contribution is -2.59. The van der Waals surface area contributed by atoms with Crippen molar-refractivity contribution in [1.82, 2.24) is 0 Å². The second-order valence-corrected chi connectivity index (χ2v) is 15.8. The third-order valence-electron chi connectivity index (χ3n) is 12.5. The Hall–Kier alpha value is -0.795. The van der Waals surface area contributed by atoms with E-state index in [0.29, 0.717) is 47.7 Å². The monoisotopic (exact) mass is 530 g/mol. The van der Waals surface area contributed by atoms with Crippen molar-refractivity contribution in [2.75, 3.05) is 0 Å².